The van der Waals surface area contributed by atoms with E-state index in [1.54, 1.807) is 11.0 Å². The number of rotatable bonds is 4. The Hall–Kier alpha value is -2.67. The van der Waals surface area contributed by atoms with Crippen molar-refractivity contribution in [1.29, 1.82) is 0 Å². The van der Waals surface area contributed by atoms with Gasteiger partial charge in [0.2, 0.25) is 0 Å². The highest BCUT2D eigenvalue weighted by Gasteiger charge is 2.37. The number of amides is 1. The normalized spacial score (nSPS) is 23.0. The molecular weight excluding hydrogens is 397 g/mol. The maximum Gasteiger partial charge on any atom is 0.255 e. The Balaban J connectivity index is 1.38. The number of ether oxygens (including phenoxy) is 1. The molecule has 0 aliphatic carbocycles. The zero-order valence-corrected chi connectivity index (χ0v) is 17.8. The molecule has 7 heteroatoms. The fourth-order valence-corrected chi connectivity index (χ4v) is 5.45. The first kappa shape index (κ1) is 20.2. The number of aromatic nitrogens is 1. The number of benzene rings is 1. The molecule has 2 saturated heterocycles. The van der Waals surface area contributed by atoms with Crippen molar-refractivity contribution in [2.75, 3.05) is 33.3 Å². The van der Waals surface area contributed by atoms with Gasteiger partial charge in [0, 0.05) is 55.0 Å². The van der Waals surface area contributed by atoms with Crippen LogP contribution < -0.4 is 10.3 Å². The molecular formula is C24H28FN3O3. The van der Waals surface area contributed by atoms with E-state index in [9.17, 15) is 14.0 Å². The van der Waals surface area contributed by atoms with Crippen LogP contribution in [0, 0.1) is 11.7 Å². The molecule has 1 amide bonds. The molecule has 164 valence electrons. The van der Waals surface area contributed by atoms with Gasteiger partial charge in [-0.2, -0.15) is 0 Å². The third-order valence-electron chi connectivity index (χ3n) is 6.92. The molecule has 1 aromatic heterocycles. The first-order chi connectivity index (χ1) is 15.0. The van der Waals surface area contributed by atoms with Crippen molar-refractivity contribution in [1.82, 2.24) is 14.4 Å². The van der Waals surface area contributed by atoms with Gasteiger partial charge in [0.05, 0.1) is 7.11 Å². The Kier molecular flexibility index (Phi) is 5.30. The van der Waals surface area contributed by atoms with Gasteiger partial charge >= 0.3 is 0 Å². The molecule has 2 fully saturated rings. The topological polar surface area (TPSA) is 54.8 Å². The van der Waals surface area contributed by atoms with Gasteiger partial charge in [0.1, 0.15) is 11.6 Å². The summed E-state index contributed by atoms with van der Waals surface area (Å²) in [5.41, 5.74) is 2.30. The zero-order chi connectivity index (χ0) is 21.5. The van der Waals surface area contributed by atoms with E-state index in [-0.39, 0.29) is 23.3 Å². The summed E-state index contributed by atoms with van der Waals surface area (Å²) in [6.45, 7) is 4.60. The SMILES string of the molecule is COc1cc(F)cc(C(=O)N2C[C@@H]3C[C@H](C2)c2ccc(CN4CCCC4)c(=O)n2C3)c1. The molecule has 0 spiro atoms. The standard InChI is InChI=1S/C24H28FN3O3/c1-31-21-10-18(9-20(25)11-21)23(29)27-12-16-8-19(15-27)22-5-4-17(24(30)28(22)13-16)14-26-6-2-3-7-26/h4-5,9-11,16,19H,2-3,6-8,12-15H2,1H3/t16-,19+/m0/s1. The second-order valence-electron chi connectivity index (χ2n) is 9.07. The van der Waals surface area contributed by atoms with E-state index in [0.29, 0.717) is 30.9 Å². The molecule has 0 saturated carbocycles. The lowest BCUT2D eigenvalue weighted by Gasteiger charge is -2.43. The second-order valence-corrected chi connectivity index (χ2v) is 9.07. The van der Waals surface area contributed by atoms with Gasteiger partial charge in [-0.05, 0) is 56.5 Å². The molecule has 4 heterocycles. The Bertz CT molecular complexity index is 1060. The van der Waals surface area contributed by atoms with E-state index >= 15 is 0 Å². The summed E-state index contributed by atoms with van der Waals surface area (Å²) >= 11 is 0. The van der Waals surface area contributed by atoms with Crippen LogP contribution in [0.3, 0.4) is 0 Å². The number of nitrogens with zero attached hydrogens (tertiary/aromatic N) is 3. The van der Waals surface area contributed by atoms with Crippen molar-refractivity contribution >= 4 is 5.91 Å². The molecule has 6 nitrogen and oxygen atoms in total. The number of carbonyl (C=O) groups excluding carboxylic acids is 1. The van der Waals surface area contributed by atoms with Crippen LogP contribution in [0.4, 0.5) is 4.39 Å². The summed E-state index contributed by atoms with van der Waals surface area (Å²) in [6.07, 6.45) is 3.39. The summed E-state index contributed by atoms with van der Waals surface area (Å²) in [7, 11) is 1.46. The van der Waals surface area contributed by atoms with Crippen LogP contribution in [-0.4, -0.2) is 53.6 Å². The zero-order valence-electron chi connectivity index (χ0n) is 17.8. The molecule has 0 unspecified atom stereocenters. The van der Waals surface area contributed by atoms with Crippen molar-refractivity contribution in [2.24, 2.45) is 5.92 Å². The first-order valence-electron chi connectivity index (χ1n) is 11.1. The number of halogens is 1. The third kappa shape index (κ3) is 3.87. The highest BCUT2D eigenvalue weighted by molar-refractivity contribution is 5.94. The number of carbonyl (C=O) groups is 1. The lowest BCUT2D eigenvalue weighted by atomic mass is 9.82. The average molecular weight is 426 g/mol. The van der Waals surface area contributed by atoms with Crippen LogP contribution in [-0.2, 0) is 13.1 Å². The van der Waals surface area contributed by atoms with Gasteiger partial charge < -0.3 is 14.2 Å². The molecule has 1 aromatic carbocycles. The minimum absolute atomic E-state index is 0.119. The van der Waals surface area contributed by atoms with E-state index < -0.39 is 5.82 Å². The fourth-order valence-electron chi connectivity index (χ4n) is 5.45. The quantitative estimate of drug-likeness (QED) is 0.756. The Morgan fingerprint density at radius 1 is 1.13 bits per heavy atom. The first-order valence-corrected chi connectivity index (χ1v) is 11.1. The molecule has 5 rings (SSSR count). The lowest BCUT2D eigenvalue weighted by molar-refractivity contribution is 0.0593. The largest absolute Gasteiger partial charge is 0.497 e. The van der Waals surface area contributed by atoms with Crippen molar-refractivity contribution in [3.05, 3.63) is 63.3 Å². The molecule has 0 N–H and O–H groups in total. The molecule has 3 aliphatic rings. The van der Waals surface area contributed by atoms with E-state index in [1.165, 1.54) is 32.1 Å². The van der Waals surface area contributed by atoms with Crippen molar-refractivity contribution < 1.29 is 13.9 Å². The monoisotopic (exact) mass is 425 g/mol. The number of hydrogen-bond acceptors (Lipinski definition) is 4. The maximum absolute atomic E-state index is 13.9. The van der Waals surface area contributed by atoms with Crippen molar-refractivity contribution in [2.45, 2.75) is 38.3 Å². The van der Waals surface area contributed by atoms with Crippen molar-refractivity contribution in [3.63, 3.8) is 0 Å². The van der Waals surface area contributed by atoms with Crippen LogP contribution in [0.15, 0.2) is 35.1 Å². The number of hydrogen-bond donors (Lipinski definition) is 0. The summed E-state index contributed by atoms with van der Waals surface area (Å²) in [6, 6.07) is 8.17. The number of piperidine rings is 1. The smallest absolute Gasteiger partial charge is 0.255 e. The van der Waals surface area contributed by atoms with Crippen LogP contribution in [0.2, 0.25) is 0 Å². The van der Waals surface area contributed by atoms with Crippen LogP contribution in [0.1, 0.15) is 46.8 Å². The maximum atomic E-state index is 13.9. The molecule has 2 bridgehead atoms. The Morgan fingerprint density at radius 3 is 2.71 bits per heavy atom. The van der Waals surface area contributed by atoms with Gasteiger partial charge in [0.15, 0.2) is 0 Å². The average Bonchev–Trinajstić information content (AvgIpc) is 3.28. The number of methoxy groups -OCH3 is 1. The lowest BCUT2D eigenvalue weighted by Crippen LogP contribution is -2.49. The molecule has 3 aliphatic heterocycles. The van der Waals surface area contributed by atoms with Crippen molar-refractivity contribution in [3.8, 4) is 5.75 Å². The molecule has 2 aromatic rings. The van der Waals surface area contributed by atoms with Gasteiger partial charge in [-0.1, -0.05) is 6.07 Å². The van der Waals surface area contributed by atoms with E-state index in [1.807, 2.05) is 10.6 Å². The Morgan fingerprint density at radius 2 is 1.94 bits per heavy atom. The molecule has 2 atom stereocenters. The summed E-state index contributed by atoms with van der Waals surface area (Å²) < 4.78 is 21.0. The van der Waals surface area contributed by atoms with E-state index in [4.69, 9.17) is 4.74 Å². The van der Waals surface area contributed by atoms with Gasteiger partial charge in [-0.25, -0.2) is 4.39 Å². The van der Waals surface area contributed by atoms with Gasteiger partial charge in [-0.15, -0.1) is 0 Å². The number of fused-ring (bicyclic) bond motifs is 4. The van der Waals surface area contributed by atoms with Crippen LogP contribution >= 0.6 is 0 Å². The predicted molar refractivity (Wildman–Crippen MR) is 115 cm³/mol. The summed E-state index contributed by atoms with van der Waals surface area (Å²) in [5, 5.41) is 0. The Labute approximate surface area is 181 Å². The minimum atomic E-state index is -0.484. The number of pyridine rings is 1. The van der Waals surface area contributed by atoms with Crippen LogP contribution in [0.25, 0.3) is 0 Å². The summed E-state index contributed by atoms with van der Waals surface area (Å²) in [5.74, 6) is 0.0186. The third-order valence-corrected chi connectivity index (χ3v) is 6.92. The van der Waals surface area contributed by atoms with Crippen LogP contribution in [0.5, 0.6) is 5.75 Å². The van der Waals surface area contributed by atoms with E-state index in [0.717, 1.165) is 37.3 Å². The van der Waals surface area contributed by atoms with Gasteiger partial charge in [-0.3, -0.25) is 14.5 Å². The predicted octanol–water partition coefficient (Wildman–Crippen LogP) is 2.85. The highest BCUT2D eigenvalue weighted by atomic mass is 19.1. The highest BCUT2D eigenvalue weighted by Crippen LogP contribution is 2.36. The second kappa shape index (κ2) is 8.11. The van der Waals surface area contributed by atoms with E-state index in [2.05, 4.69) is 11.0 Å². The molecule has 31 heavy (non-hydrogen) atoms. The fraction of sp³-hybridized carbons (Fsp3) is 0.500. The number of likely N-dealkylation sites (tertiary alicyclic amines) is 2. The minimum Gasteiger partial charge on any atom is -0.497 e. The molecule has 0 radical (unpaired) electrons. The summed E-state index contributed by atoms with van der Waals surface area (Å²) in [4.78, 5) is 30.4. The van der Waals surface area contributed by atoms with Gasteiger partial charge in [0.25, 0.3) is 11.5 Å².